The molecule has 0 aromatic heterocycles. The number of rotatable bonds is 12. The van der Waals surface area contributed by atoms with Crippen molar-refractivity contribution >= 4 is 39.1 Å². The van der Waals surface area contributed by atoms with E-state index in [-0.39, 0.29) is 34.8 Å². The summed E-state index contributed by atoms with van der Waals surface area (Å²) in [5.74, 6) is -0.191. The molecule has 1 atom stereocenters. The molecule has 9 nitrogen and oxygen atoms in total. The van der Waals surface area contributed by atoms with Crippen molar-refractivity contribution in [1.29, 1.82) is 0 Å². The van der Waals surface area contributed by atoms with Crippen LogP contribution in [0, 0.1) is 0 Å². The number of amides is 2. The van der Waals surface area contributed by atoms with Crippen LogP contribution in [0.1, 0.15) is 26.3 Å². The van der Waals surface area contributed by atoms with E-state index in [2.05, 4.69) is 5.32 Å². The standard InChI is InChI=1S/C29H34ClN3O6S/c1-20(2)31-29(35)21(3)32(18-22-10-12-23(30)13-11-22)28(34)19-33(26-8-6-7-9-27(26)39-5)40(36,37)25-16-14-24(38-4)15-17-25/h6-17,20-21H,18-19H2,1-5H3,(H,31,35). The fourth-order valence-electron chi connectivity index (χ4n) is 4.00. The van der Waals surface area contributed by atoms with Gasteiger partial charge in [0.1, 0.15) is 24.1 Å². The van der Waals surface area contributed by atoms with Crippen LogP contribution in [0.5, 0.6) is 11.5 Å². The monoisotopic (exact) mass is 587 g/mol. The summed E-state index contributed by atoms with van der Waals surface area (Å²) in [6, 6.07) is 18.2. The highest BCUT2D eigenvalue weighted by atomic mass is 35.5. The second-order valence-corrected chi connectivity index (χ2v) is 11.6. The number of hydrogen-bond acceptors (Lipinski definition) is 6. The third kappa shape index (κ3) is 7.45. The van der Waals surface area contributed by atoms with Gasteiger partial charge in [0.05, 0.1) is 24.8 Å². The van der Waals surface area contributed by atoms with E-state index in [1.807, 2.05) is 13.8 Å². The highest BCUT2D eigenvalue weighted by molar-refractivity contribution is 7.92. The summed E-state index contributed by atoms with van der Waals surface area (Å²) in [5.41, 5.74) is 0.906. The number of benzene rings is 3. The minimum Gasteiger partial charge on any atom is -0.497 e. The van der Waals surface area contributed by atoms with Crippen LogP contribution in [0.15, 0.2) is 77.7 Å². The smallest absolute Gasteiger partial charge is 0.264 e. The molecule has 1 unspecified atom stereocenters. The van der Waals surface area contributed by atoms with Crippen molar-refractivity contribution in [2.24, 2.45) is 0 Å². The number of sulfonamides is 1. The molecule has 0 aliphatic carbocycles. The average Bonchev–Trinajstić information content (AvgIpc) is 2.94. The first-order chi connectivity index (χ1) is 19.0. The van der Waals surface area contributed by atoms with Crippen LogP contribution < -0.4 is 19.1 Å². The summed E-state index contributed by atoms with van der Waals surface area (Å²) < 4.78 is 39.5. The van der Waals surface area contributed by atoms with E-state index >= 15 is 0 Å². The first kappa shape index (κ1) is 30.8. The van der Waals surface area contributed by atoms with Crippen LogP contribution in [0.2, 0.25) is 5.02 Å². The van der Waals surface area contributed by atoms with Crippen LogP contribution in [0.3, 0.4) is 0 Å². The van der Waals surface area contributed by atoms with Crippen molar-refractivity contribution in [2.45, 2.75) is 44.3 Å². The molecule has 214 valence electrons. The van der Waals surface area contributed by atoms with Crippen molar-refractivity contribution in [2.75, 3.05) is 25.1 Å². The molecule has 0 heterocycles. The van der Waals surface area contributed by atoms with Gasteiger partial charge in [-0.15, -0.1) is 0 Å². The van der Waals surface area contributed by atoms with Gasteiger partial charge in [-0.2, -0.15) is 0 Å². The van der Waals surface area contributed by atoms with Crippen LogP contribution in [-0.4, -0.2) is 58.0 Å². The Bertz CT molecular complexity index is 1410. The Labute approximate surface area is 240 Å². The molecule has 11 heteroatoms. The summed E-state index contributed by atoms with van der Waals surface area (Å²) >= 11 is 6.04. The van der Waals surface area contributed by atoms with Gasteiger partial charge in [-0.1, -0.05) is 35.9 Å². The minimum atomic E-state index is -4.25. The number of halogens is 1. The molecule has 1 N–H and O–H groups in total. The second kappa shape index (κ2) is 13.5. The van der Waals surface area contributed by atoms with E-state index in [1.54, 1.807) is 55.5 Å². The van der Waals surface area contributed by atoms with Gasteiger partial charge in [-0.25, -0.2) is 8.42 Å². The number of carbonyl (C=O) groups excluding carboxylic acids is 2. The van der Waals surface area contributed by atoms with Crippen LogP contribution in [0.4, 0.5) is 5.69 Å². The Morgan fingerprint density at radius 3 is 2.10 bits per heavy atom. The normalized spacial score (nSPS) is 12.0. The van der Waals surface area contributed by atoms with E-state index < -0.39 is 28.5 Å². The topological polar surface area (TPSA) is 105 Å². The molecule has 0 aliphatic heterocycles. The van der Waals surface area contributed by atoms with Crippen molar-refractivity contribution in [3.8, 4) is 11.5 Å². The number of hydrogen-bond donors (Lipinski definition) is 1. The maximum absolute atomic E-state index is 14.0. The van der Waals surface area contributed by atoms with Crippen molar-refractivity contribution in [3.05, 3.63) is 83.4 Å². The zero-order valence-corrected chi connectivity index (χ0v) is 24.7. The summed E-state index contributed by atoms with van der Waals surface area (Å²) in [6.07, 6.45) is 0. The van der Waals surface area contributed by atoms with Crippen LogP contribution >= 0.6 is 11.6 Å². The first-order valence-corrected chi connectivity index (χ1v) is 14.4. The molecule has 0 saturated heterocycles. The number of methoxy groups -OCH3 is 2. The van der Waals surface area contributed by atoms with Gasteiger partial charge in [0.2, 0.25) is 11.8 Å². The molecule has 2 amide bonds. The largest absolute Gasteiger partial charge is 0.497 e. The zero-order chi connectivity index (χ0) is 29.4. The molecule has 0 fully saturated rings. The zero-order valence-electron chi connectivity index (χ0n) is 23.1. The molecule has 3 aromatic rings. The number of ether oxygens (including phenoxy) is 2. The number of para-hydroxylation sites is 2. The summed E-state index contributed by atoms with van der Waals surface area (Å²) in [4.78, 5) is 28.3. The third-order valence-electron chi connectivity index (χ3n) is 6.14. The Kier molecular flexibility index (Phi) is 10.4. The fraction of sp³-hybridized carbons (Fsp3) is 0.310. The first-order valence-electron chi connectivity index (χ1n) is 12.6. The number of anilines is 1. The molecule has 3 rings (SSSR count). The molecule has 0 saturated carbocycles. The van der Waals surface area contributed by atoms with Gasteiger partial charge in [0.25, 0.3) is 10.0 Å². The quantitative estimate of drug-likeness (QED) is 0.335. The maximum atomic E-state index is 14.0. The lowest BCUT2D eigenvalue weighted by atomic mass is 10.1. The van der Waals surface area contributed by atoms with E-state index in [9.17, 15) is 18.0 Å². The molecule has 40 heavy (non-hydrogen) atoms. The summed E-state index contributed by atoms with van der Waals surface area (Å²) in [7, 11) is -1.35. The highest BCUT2D eigenvalue weighted by Crippen LogP contribution is 2.33. The average molecular weight is 588 g/mol. The molecular formula is C29H34ClN3O6S. The summed E-state index contributed by atoms with van der Waals surface area (Å²) in [6.45, 7) is 4.73. The van der Waals surface area contributed by atoms with E-state index in [4.69, 9.17) is 21.1 Å². The summed E-state index contributed by atoms with van der Waals surface area (Å²) in [5, 5.41) is 3.35. The maximum Gasteiger partial charge on any atom is 0.264 e. The third-order valence-corrected chi connectivity index (χ3v) is 8.17. The number of nitrogens with one attached hydrogen (secondary N) is 1. The lowest BCUT2D eigenvalue weighted by molar-refractivity contribution is -0.139. The lowest BCUT2D eigenvalue weighted by Crippen LogP contribution is -2.52. The Hall–Kier alpha value is -3.76. The Morgan fingerprint density at radius 1 is 0.900 bits per heavy atom. The SMILES string of the molecule is COc1ccc(S(=O)(=O)N(CC(=O)N(Cc2ccc(Cl)cc2)C(C)C(=O)NC(C)C)c2ccccc2OC)cc1. The van der Waals surface area contributed by atoms with Gasteiger partial charge >= 0.3 is 0 Å². The molecule has 3 aromatic carbocycles. The number of nitrogens with zero attached hydrogens (tertiary/aromatic N) is 2. The minimum absolute atomic E-state index is 0.0399. The van der Waals surface area contributed by atoms with Crippen LogP contribution in [0.25, 0.3) is 0 Å². The van der Waals surface area contributed by atoms with E-state index in [0.29, 0.717) is 10.8 Å². The van der Waals surface area contributed by atoms with Gasteiger partial charge in [0, 0.05) is 17.6 Å². The lowest BCUT2D eigenvalue weighted by Gasteiger charge is -2.32. The van der Waals surface area contributed by atoms with Gasteiger partial charge in [-0.05, 0) is 74.9 Å². The van der Waals surface area contributed by atoms with Crippen LogP contribution in [-0.2, 0) is 26.2 Å². The van der Waals surface area contributed by atoms with E-state index in [1.165, 1.54) is 43.4 Å². The van der Waals surface area contributed by atoms with Gasteiger partial charge < -0.3 is 19.7 Å². The molecule has 0 bridgehead atoms. The molecular weight excluding hydrogens is 554 g/mol. The fourth-order valence-corrected chi connectivity index (χ4v) is 5.55. The van der Waals surface area contributed by atoms with E-state index in [0.717, 1.165) is 9.87 Å². The Morgan fingerprint density at radius 2 is 1.52 bits per heavy atom. The molecule has 0 radical (unpaired) electrons. The van der Waals surface area contributed by atoms with Gasteiger partial charge in [0.15, 0.2) is 0 Å². The van der Waals surface area contributed by atoms with Gasteiger partial charge in [-0.3, -0.25) is 13.9 Å². The molecule has 0 aliphatic rings. The number of carbonyl (C=O) groups is 2. The van der Waals surface area contributed by atoms with Crippen molar-refractivity contribution < 1.29 is 27.5 Å². The Balaban J connectivity index is 2.06. The predicted octanol–water partition coefficient (Wildman–Crippen LogP) is 4.49. The highest BCUT2D eigenvalue weighted by Gasteiger charge is 2.33. The van der Waals surface area contributed by atoms with Crippen molar-refractivity contribution in [3.63, 3.8) is 0 Å². The second-order valence-electron chi connectivity index (χ2n) is 9.35. The van der Waals surface area contributed by atoms with Crippen molar-refractivity contribution in [1.82, 2.24) is 10.2 Å². The molecule has 0 spiro atoms. The predicted molar refractivity (Wildman–Crippen MR) is 155 cm³/mol.